The molecule has 0 saturated heterocycles. The third-order valence-electron chi connectivity index (χ3n) is 2.75. The van der Waals surface area contributed by atoms with E-state index in [1.165, 1.54) is 7.11 Å². The fraction of sp³-hybridized carbons (Fsp3) is 0.286. The van der Waals surface area contributed by atoms with Gasteiger partial charge in [0.25, 0.3) is 5.91 Å². The number of pyridine rings is 1. The van der Waals surface area contributed by atoms with Crippen molar-refractivity contribution in [2.75, 3.05) is 13.7 Å². The van der Waals surface area contributed by atoms with E-state index in [0.29, 0.717) is 18.0 Å². The number of carbonyl (C=O) groups is 1. The summed E-state index contributed by atoms with van der Waals surface area (Å²) in [7, 11) is 1.51. The van der Waals surface area contributed by atoms with Crippen molar-refractivity contribution in [3.8, 4) is 5.88 Å². The van der Waals surface area contributed by atoms with Crippen LogP contribution in [0.15, 0.2) is 42.9 Å². The van der Waals surface area contributed by atoms with Gasteiger partial charge in [-0.05, 0) is 30.7 Å². The van der Waals surface area contributed by atoms with Gasteiger partial charge in [-0.3, -0.25) is 4.79 Å². The molecule has 5 nitrogen and oxygen atoms in total. The molecule has 1 amide bonds. The lowest BCUT2D eigenvalue weighted by Gasteiger charge is -2.08. The molecular formula is C14H17N3O2. The lowest BCUT2D eigenvalue weighted by Crippen LogP contribution is -2.25. The predicted molar refractivity (Wildman–Crippen MR) is 72.2 cm³/mol. The largest absolute Gasteiger partial charge is 0.480 e. The highest BCUT2D eigenvalue weighted by Crippen LogP contribution is 2.12. The van der Waals surface area contributed by atoms with E-state index in [-0.39, 0.29) is 5.91 Å². The lowest BCUT2D eigenvalue weighted by molar-refractivity contribution is 0.0949. The Morgan fingerprint density at radius 2 is 2.16 bits per heavy atom. The second kappa shape index (κ2) is 6.58. The van der Waals surface area contributed by atoms with Crippen LogP contribution in [0.1, 0.15) is 16.8 Å². The van der Waals surface area contributed by atoms with Gasteiger partial charge >= 0.3 is 0 Å². The Kier molecular flexibility index (Phi) is 4.55. The average Bonchev–Trinajstić information content (AvgIpc) is 2.96. The summed E-state index contributed by atoms with van der Waals surface area (Å²) in [6.07, 6.45) is 6.49. The molecule has 100 valence electrons. The van der Waals surface area contributed by atoms with Gasteiger partial charge in [-0.15, -0.1) is 0 Å². The Hall–Kier alpha value is -2.30. The summed E-state index contributed by atoms with van der Waals surface area (Å²) >= 11 is 0. The van der Waals surface area contributed by atoms with Crippen LogP contribution in [0.3, 0.4) is 0 Å². The van der Waals surface area contributed by atoms with Crippen LogP contribution in [0.25, 0.3) is 0 Å². The first-order valence-corrected chi connectivity index (χ1v) is 6.19. The van der Waals surface area contributed by atoms with Crippen LogP contribution >= 0.6 is 0 Å². The van der Waals surface area contributed by atoms with Crippen molar-refractivity contribution in [3.05, 3.63) is 48.4 Å². The molecule has 0 aromatic carbocycles. The summed E-state index contributed by atoms with van der Waals surface area (Å²) in [6, 6.07) is 7.39. The number of nitrogens with zero attached hydrogens (tertiary/aromatic N) is 2. The van der Waals surface area contributed by atoms with Gasteiger partial charge in [-0.1, -0.05) is 0 Å². The van der Waals surface area contributed by atoms with E-state index >= 15 is 0 Å². The molecule has 0 saturated carbocycles. The van der Waals surface area contributed by atoms with Gasteiger partial charge in [-0.25, -0.2) is 4.98 Å². The van der Waals surface area contributed by atoms with E-state index in [1.54, 1.807) is 18.3 Å². The Bertz CT molecular complexity index is 523. The van der Waals surface area contributed by atoms with Crippen LogP contribution in [0.2, 0.25) is 0 Å². The maximum Gasteiger partial charge on any atom is 0.256 e. The lowest BCUT2D eigenvalue weighted by atomic mass is 10.2. The summed E-state index contributed by atoms with van der Waals surface area (Å²) < 4.78 is 7.14. The van der Waals surface area contributed by atoms with Gasteiger partial charge in [0.1, 0.15) is 5.56 Å². The SMILES string of the molecule is COc1ncccc1C(=O)NCCCn1cccc1. The van der Waals surface area contributed by atoms with Gasteiger partial charge < -0.3 is 14.6 Å². The van der Waals surface area contributed by atoms with Gasteiger partial charge in [0, 0.05) is 31.7 Å². The quantitative estimate of drug-likeness (QED) is 0.803. The van der Waals surface area contributed by atoms with Gasteiger partial charge in [0.05, 0.1) is 7.11 Å². The Morgan fingerprint density at radius 1 is 1.37 bits per heavy atom. The molecule has 0 spiro atoms. The number of carbonyl (C=O) groups excluding carboxylic acids is 1. The van der Waals surface area contributed by atoms with E-state index in [1.807, 2.05) is 24.5 Å². The normalized spacial score (nSPS) is 10.2. The minimum absolute atomic E-state index is 0.155. The molecule has 0 bridgehead atoms. The number of rotatable bonds is 6. The zero-order chi connectivity index (χ0) is 13.5. The molecule has 0 unspecified atom stereocenters. The minimum Gasteiger partial charge on any atom is -0.480 e. The Morgan fingerprint density at radius 3 is 2.89 bits per heavy atom. The first kappa shape index (κ1) is 13.1. The van der Waals surface area contributed by atoms with Crippen LogP contribution in [0.5, 0.6) is 5.88 Å². The van der Waals surface area contributed by atoms with Gasteiger partial charge in [0.15, 0.2) is 0 Å². The molecule has 19 heavy (non-hydrogen) atoms. The third kappa shape index (κ3) is 3.58. The number of hydrogen-bond acceptors (Lipinski definition) is 3. The number of aromatic nitrogens is 2. The summed E-state index contributed by atoms with van der Waals surface area (Å²) in [6.45, 7) is 1.51. The van der Waals surface area contributed by atoms with Gasteiger partial charge in [-0.2, -0.15) is 0 Å². The number of methoxy groups -OCH3 is 1. The van der Waals surface area contributed by atoms with Crippen molar-refractivity contribution >= 4 is 5.91 Å². The molecule has 2 heterocycles. The Balaban J connectivity index is 1.81. The van der Waals surface area contributed by atoms with E-state index in [2.05, 4.69) is 14.9 Å². The zero-order valence-corrected chi connectivity index (χ0v) is 10.9. The number of amides is 1. The number of aryl methyl sites for hydroxylation is 1. The van der Waals surface area contributed by atoms with E-state index in [4.69, 9.17) is 4.74 Å². The van der Waals surface area contributed by atoms with E-state index < -0.39 is 0 Å². The molecule has 0 aliphatic carbocycles. The highest BCUT2D eigenvalue weighted by Gasteiger charge is 2.11. The monoisotopic (exact) mass is 259 g/mol. The predicted octanol–water partition coefficient (Wildman–Crippen LogP) is 1.71. The average molecular weight is 259 g/mol. The molecule has 2 rings (SSSR count). The van der Waals surface area contributed by atoms with Crippen LogP contribution in [0.4, 0.5) is 0 Å². The molecule has 5 heteroatoms. The molecule has 0 aliphatic heterocycles. The topological polar surface area (TPSA) is 56.1 Å². The fourth-order valence-corrected chi connectivity index (χ4v) is 1.80. The van der Waals surface area contributed by atoms with E-state index in [0.717, 1.165) is 13.0 Å². The minimum atomic E-state index is -0.155. The first-order chi connectivity index (χ1) is 9.31. The third-order valence-corrected chi connectivity index (χ3v) is 2.75. The van der Waals surface area contributed by atoms with Crippen molar-refractivity contribution in [3.63, 3.8) is 0 Å². The molecule has 0 aliphatic rings. The second-order valence-electron chi connectivity index (χ2n) is 4.09. The maximum absolute atomic E-state index is 11.9. The summed E-state index contributed by atoms with van der Waals surface area (Å²) in [5, 5.41) is 2.86. The van der Waals surface area contributed by atoms with E-state index in [9.17, 15) is 4.79 Å². The molecule has 2 aromatic heterocycles. The Labute approximate surface area is 112 Å². The van der Waals surface area contributed by atoms with Crippen LogP contribution in [-0.2, 0) is 6.54 Å². The first-order valence-electron chi connectivity index (χ1n) is 6.19. The number of hydrogen-bond donors (Lipinski definition) is 1. The summed E-state index contributed by atoms with van der Waals surface area (Å²) in [5.74, 6) is 0.197. The van der Waals surface area contributed by atoms with Crippen molar-refractivity contribution in [2.45, 2.75) is 13.0 Å². The van der Waals surface area contributed by atoms with Crippen molar-refractivity contribution in [1.82, 2.24) is 14.9 Å². The molecule has 2 aromatic rings. The molecule has 0 atom stereocenters. The van der Waals surface area contributed by atoms with Gasteiger partial charge in [0.2, 0.25) is 5.88 Å². The standard InChI is InChI=1S/C14H17N3O2/c1-19-14-12(6-4-7-16-14)13(18)15-8-5-11-17-9-2-3-10-17/h2-4,6-7,9-10H,5,8,11H2,1H3,(H,15,18). The highest BCUT2D eigenvalue weighted by atomic mass is 16.5. The van der Waals surface area contributed by atoms with Crippen LogP contribution in [0, 0.1) is 0 Å². The number of nitrogens with one attached hydrogen (secondary N) is 1. The summed E-state index contributed by atoms with van der Waals surface area (Å²) in [5.41, 5.74) is 0.464. The fourth-order valence-electron chi connectivity index (χ4n) is 1.80. The molecule has 0 fully saturated rings. The highest BCUT2D eigenvalue weighted by molar-refractivity contribution is 5.96. The van der Waals surface area contributed by atoms with Crippen molar-refractivity contribution in [2.24, 2.45) is 0 Å². The summed E-state index contributed by atoms with van der Waals surface area (Å²) in [4.78, 5) is 15.9. The number of ether oxygens (including phenoxy) is 1. The molecular weight excluding hydrogens is 242 g/mol. The second-order valence-corrected chi connectivity index (χ2v) is 4.09. The zero-order valence-electron chi connectivity index (χ0n) is 10.9. The van der Waals surface area contributed by atoms with Crippen LogP contribution in [-0.4, -0.2) is 29.1 Å². The molecule has 1 N–H and O–H groups in total. The van der Waals surface area contributed by atoms with Crippen LogP contribution < -0.4 is 10.1 Å². The maximum atomic E-state index is 11.9. The van der Waals surface area contributed by atoms with Crippen molar-refractivity contribution < 1.29 is 9.53 Å². The van der Waals surface area contributed by atoms with Crippen molar-refractivity contribution in [1.29, 1.82) is 0 Å². The molecule has 0 radical (unpaired) electrons. The smallest absolute Gasteiger partial charge is 0.256 e.